The summed E-state index contributed by atoms with van der Waals surface area (Å²) in [4.78, 5) is 18.3. The minimum Gasteiger partial charge on any atom is -0.545 e. The highest BCUT2D eigenvalue weighted by Crippen LogP contribution is 2.32. The normalized spacial score (nSPS) is 16.9. The van der Waals surface area contributed by atoms with Crippen molar-refractivity contribution in [2.24, 2.45) is 0 Å². The molecule has 0 amide bonds. The second-order valence-electron chi connectivity index (χ2n) is 7.59. The number of hydrogen-bond acceptors (Lipinski definition) is 5. The molecule has 3 aromatic rings. The molecule has 6 nitrogen and oxygen atoms in total. The van der Waals surface area contributed by atoms with E-state index in [1.54, 1.807) is 13.2 Å². The number of carboxylic acids is 1. The van der Waals surface area contributed by atoms with Gasteiger partial charge in [-0.15, -0.1) is 0 Å². The zero-order valence-corrected chi connectivity index (χ0v) is 18.0. The maximum absolute atomic E-state index is 12.1. The maximum atomic E-state index is 12.1. The number of pyridine rings is 1. The molecular weight excluding hydrogens is 392 g/mol. The number of nitrogens with one attached hydrogen (secondary N) is 1. The van der Waals surface area contributed by atoms with Crippen LogP contribution in [-0.2, 0) is 6.54 Å². The van der Waals surface area contributed by atoms with Crippen molar-refractivity contribution < 1.29 is 24.3 Å². The van der Waals surface area contributed by atoms with E-state index in [-0.39, 0.29) is 5.56 Å². The molecule has 1 unspecified atom stereocenters. The van der Waals surface area contributed by atoms with Crippen LogP contribution in [0.3, 0.4) is 0 Å². The van der Waals surface area contributed by atoms with Gasteiger partial charge in [-0.2, -0.15) is 0 Å². The van der Waals surface area contributed by atoms with Crippen LogP contribution >= 0.6 is 0 Å². The monoisotopic (exact) mass is 418 g/mol. The molecule has 1 aromatic heterocycles. The summed E-state index contributed by atoms with van der Waals surface area (Å²) >= 11 is 0. The summed E-state index contributed by atoms with van der Waals surface area (Å²) in [6.45, 7) is 6.84. The van der Waals surface area contributed by atoms with E-state index in [1.807, 2.05) is 43.3 Å². The molecular formula is C25H26N2O4. The van der Waals surface area contributed by atoms with Gasteiger partial charge in [0, 0.05) is 22.1 Å². The fraction of sp³-hybridized carbons (Fsp3) is 0.280. The van der Waals surface area contributed by atoms with Gasteiger partial charge in [0.25, 0.3) is 0 Å². The van der Waals surface area contributed by atoms with Gasteiger partial charge in [0.05, 0.1) is 37.4 Å². The van der Waals surface area contributed by atoms with E-state index in [0.29, 0.717) is 35.6 Å². The van der Waals surface area contributed by atoms with E-state index in [2.05, 4.69) is 13.0 Å². The van der Waals surface area contributed by atoms with Crippen LogP contribution in [0.2, 0.25) is 0 Å². The number of hydrogen-bond donors (Lipinski definition) is 1. The third-order valence-corrected chi connectivity index (χ3v) is 5.70. The number of nitrogens with zero attached hydrogens (tertiary/aromatic N) is 1. The second kappa shape index (κ2) is 8.78. The van der Waals surface area contributed by atoms with Crippen molar-refractivity contribution in [3.63, 3.8) is 0 Å². The number of carbonyl (C=O) groups is 1. The van der Waals surface area contributed by atoms with E-state index >= 15 is 0 Å². The molecule has 2 aromatic carbocycles. The minimum atomic E-state index is -1.16. The predicted molar refractivity (Wildman–Crippen MR) is 118 cm³/mol. The highest BCUT2D eigenvalue weighted by Gasteiger charge is 2.28. The summed E-state index contributed by atoms with van der Waals surface area (Å²) in [6, 6.07) is 13.1. The molecule has 0 saturated heterocycles. The Balaban J connectivity index is 1.90. The topological polar surface area (TPSA) is 75.9 Å². The third-order valence-electron chi connectivity index (χ3n) is 5.70. The Hall–Kier alpha value is -3.38. The van der Waals surface area contributed by atoms with Gasteiger partial charge in [-0.3, -0.25) is 0 Å². The number of quaternary nitrogens is 1. The number of para-hydroxylation sites is 1. The number of fused-ring (bicyclic) bond motifs is 2. The first kappa shape index (κ1) is 20.9. The number of carbonyl (C=O) groups excluding carboxylic acids is 1. The smallest absolute Gasteiger partial charge is 0.161 e. The Morgan fingerprint density at radius 1 is 1.16 bits per heavy atom. The Bertz CT molecular complexity index is 1170. The highest BCUT2D eigenvalue weighted by molar-refractivity contribution is 6.05. The van der Waals surface area contributed by atoms with Crippen molar-refractivity contribution in [2.45, 2.75) is 20.4 Å². The van der Waals surface area contributed by atoms with Gasteiger partial charge in [0.2, 0.25) is 0 Å². The first-order valence-corrected chi connectivity index (χ1v) is 10.5. The Morgan fingerprint density at radius 3 is 2.68 bits per heavy atom. The van der Waals surface area contributed by atoms with Gasteiger partial charge in [-0.25, -0.2) is 4.98 Å². The van der Waals surface area contributed by atoms with E-state index in [1.165, 1.54) is 4.90 Å². The van der Waals surface area contributed by atoms with Gasteiger partial charge in [0.15, 0.2) is 11.5 Å². The van der Waals surface area contributed by atoms with Crippen molar-refractivity contribution >= 4 is 28.5 Å². The molecule has 0 aliphatic carbocycles. The quantitative estimate of drug-likeness (QED) is 0.662. The van der Waals surface area contributed by atoms with E-state index in [0.717, 1.165) is 35.5 Å². The van der Waals surface area contributed by atoms with E-state index in [9.17, 15) is 9.90 Å². The maximum Gasteiger partial charge on any atom is 0.161 e. The lowest BCUT2D eigenvalue weighted by molar-refractivity contribution is -0.905. The molecule has 0 radical (unpaired) electrons. The van der Waals surface area contributed by atoms with Crippen LogP contribution in [0.25, 0.3) is 22.6 Å². The van der Waals surface area contributed by atoms with Crippen molar-refractivity contribution in [3.05, 3.63) is 64.8 Å². The second-order valence-corrected chi connectivity index (χ2v) is 7.59. The van der Waals surface area contributed by atoms with Crippen LogP contribution in [0, 0.1) is 0 Å². The van der Waals surface area contributed by atoms with Crippen LogP contribution in [0.5, 0.6) is 11.5 Å². The number of benzene rings is 2. The molecule has 1 N–H and O–H groups in total. The zero-order chi connectivity index (χ0) is 22.0. The third kappa shape index (κ3) is 3.99. The molecule has 0 fully saturated rings. The summed E-state index contributed by atoms with van der Waals surface area (Å²) in [6.07, 6.45) is 2.06. The average molecular weight is 418 g/mol. The lowest BCUT2D eigenvalue weighted by Gasteiger charge is -2.29. The molecule has 1 aliphatic rings. The van der Waals surface area contributed by atoms with Crippen molar-refractivity contribution in [1.82, 2.24) is 4.98 Å². The summed E-state index contributed by atoms with van der Waals surface area (Å²) in [5.41, 5.74) is 4.34. The molecule has 0 bridgehead atoms. The average Bonchev–Trinajstić information content (AvgIpc) is 2.78. The largest absolute Gasteiger partial charge is 0.545 e. The lowest BCUT2D eigenvalue weighted by atomic mass is 9.92. The number of aromatic nitrogens is 1. The first-order chi connectivity index (χ1) is 15.0. The number of ether oxygens (including phenoxy) is 2. The van der Waals surface area contributed by atoms with Crippen molar-refractivity contribution in [2.75, 3.05) is 26.8 Å². The summed E-state index contributed by atoms with van der Waals surface area (Å²) in [7, 11) is 1.62. The summed E-state index contributed by atoms with van der Waals surface area (Å²) < 4.78 is 11.1. The van der Waals surface area contributed by atoms with Gasteiger partial charge < -0.3 is 24.3 Å². The Kier molecular flexibility index (Phi) is 5.91. The molecule has 31 heavy (non-hydrogen) atoms. The van der Waals surface area contributed by atoms with Crippen molar-refractivity contribution in [1.29, 1.82) is 0 Å². The Morgan fingerprint density at radius 2 is 1.97 bits per heavy atom. The number of methoxy groups -OCH3 is 1. The minimum absolute atomic E-state index is 0.251. The number of carboxylic acid groups (broad SMARTS) is 1. The molecule has 0 saturated carbocycles. The van der Waals surface area contributed by atoms with Gasteiger partial charge in [-0.1, -0.05) is 24.3 Å². The standard InChI is InChI=1S/C25H26N2O4/c1-4-27-14-17(12-16-10-11-21(31-5-2)22(13-16)30-3)24-19(15-27)23(25(28)29)18-8-6-7-9-20(18)26-24/h6-13H,4-5,14-15H2,1-3H3,(H,28,29)/b17-12+. The molecule has 160 valence electrons. The fourth-order valence-corrected chi connectivity index (χ4v) is 4.21. The predicted octanol–water partition coefficient (Wildman–Crippen LogP) is 1.96. The van der Waals surface area contributed by atoms with Gasteiger partial charge in [-0.05, 0) is 43.7 Å². The van der Waals surface area contributed by atoms with Gasteiger partial charge in [0.1, 0.15) is 13.1 Å². The highest BCUT2D eigenvalue weighted by atomic mass is 16.5. The van der Waals surface area contributed by atoms with Crippen LogP contribution in [0.4, 0.5) is 0 Å². The first-order valence-electron chi connectivity index (χ1n) is 10.5. The summed E-state index contributed by atoms with van der Waals surface area (Å²) in [5.74, 6) is 0.198. The Labute approximate surface area is 181 Å². The summed E-state index contributed by atoms with van der Waals surface area (Å²) in [5, 5.41) is 12.8. The molecule has 0 spiro atoms. The van der Waals surface area contributed by atoms with Gasteiger partial charge >= 0.3 is 0 Å². The van der Waals surface area contributed by atoms with E-state index < -0.39 is 5.97 Å². The van der Waals surface area contributed by atoms with Crippen LogP contribution in [0.1, 0.15) is 41.0 Å². The molecule has 6 heteroatoms. The fourth-order valence-electron chi connectivity index (χ4n) is 4.21. The SMILES string of the molecule is CCOc1ccc(/C=C2\C[NH+](CC)Cc3c2nc2ccccc2c3C(=O)[O-])cc1OC. The molecule has 2 heterocycles. The lowest BCUT2D eigenvalue weighted by Crippen LogP contribution is -3.11. The number of likely N-dealkylation sites (N-methyl/N-ethyl adjacent to an activating group) is 1. The van der Waals surface area contributed by atoms with Crippen LogP contribution in [0.15, 0.2) is 42.5 Å². The molecule has 1 aliphatic heterocycles. The van der Waals surface area contributed by atoms with Crippen molar-refractivity contribution in [3.8, 4) is 11.5 Å². The zero-order valence-electron chi connectivity index (χ0n) is 18.0. The van der Waals surface area contributed by atoms with E-state index in [4.69, 9.17) is 14.5 Å². The molecule has 1 atom stereocenters. The number of aromatic carboxylic acids is 1. The van der Waals surface area contributed by atoms with Crippen LogP contribution < -0.4 is 19.5 Å². The van der Waals surface area contributed by atoms with Crippen LogP contribution in [-0.4, -0.2) is 37.8 Å². The number of rotatable bonds is 6. The molecule has 4 rings (SSSR count).